The molecule has 17 heavy (non-hydrogen) atoms. The highest BCUT2D eigenvalue weighted by Crippen LogP contribution is 2.21. The molecular weight excluding hydrogens is 218 g/mol. The topological polar surface area (TPSA) is 59.2 Å². The van der Waals surface area contributed by atoms with Gasteiger partial charge in [-0.15, -0.1) is 0 Å². The number of nitrogens with zero attached hydrogens (tertiary/aromatic N) is 3. The van der Waals surface area contributed by atoms with E-state index in [-0.39, 0.29) is 5.82 Å². The Morgan fingerprint density at radius 1 is 1.59 bits per heavy atom. The van der Waals surface area contributed by atoms with Gasteiger partial charge in [0.25, 0.3) is 0 Å². The Morgan fingerprint density at radius 2 is 2.41 bits per heavy atom. The number of rotatable bonds is 4. The maximum atomic E-state index is 10.5. The monoisotopic (exact) mass is 237 g/mol. The summed E-state index contributed by atoms with van der Waals surface area (Å²) in [5.74, 6) is 1.30. The van der Waals surface area contributed by atoms with E-state index in [1.807, 2.05) is 0 Å². The van der Waals surface area contributed by atoms with Gasteiger partial charge in [0.2, 0.25) is 11.7 Å². The highest BCUT2D eigenvalue weighted by molar-refractivity contribution is 5.68. The van der Waals surface area contributed by atoms with Gasteiger partial charge in [0.1, 0.15) is 0 Å². The fraction of sp³-hybridized carbons (Fsp3) is 0.750. The predicted molar refractivity (Wildman–Crippen MR) is 62.8 cm³/mol. The van der Waals surface area contributed by atoms with Crippen LogP contribution in [0.25, 0.3) is 0 Å². The molecular formula is C12H19N3O2. The molecule has 0 amide bonds. The highest BCUT2D eigenvalue weighted by atomic mass is 16.5. The summed E-state index contributed by atoms with van der Waals surface area (Å²) in [6, 6.07) is 0.589. The molecule has 2 rings (SSSR count). The molecule has 0 aliphatic carbocycles. The van der Waals surface area contributed by atoms with E-state index in [4.69, 9.17) is 4.52 Å². The molecule has 1 unspecified atom stereocenters. The summed E-state index contributed by atoms with van der Waals surface area (Å²) in [5, 5.41) is 3.59. The normalized spacial score (nSPS) is 21.9. The van der Waals surface area contributed by atoms with Crippen LogP contribution < -0.4 is 0 Å². The third kappa shape index (κ3) is 3.12. The number of aldehydes is 1. The molecule has 0 radical (unpaired) electrons. The van der Waals surface area contributed by atoms with Crippen LogP contribution in [0.15, 0.2) is 4.52 Å². The average molecular weight is 237 g/mol. The lowest BCUT2D eigenvalue weighted by Gasteiger charge is -2.34. The Balaban J connectivity index is 1.92. The van der Waals surface area contributed by atoms with Crippen LogP contribution in [0.2, 0.25) is 0 Å². The van der Waals surface area contributed by atoms with E-state index in [9.17, 15) is 4.79 Å². The Labute approximate surface area is 101 Å². The fourth-order valence-corrected chi connectivity index (χ4v) is 2.38. The summed E-state index contributed by atoms with van der Waals surface area (Å²) in [6.07, 6.45) is 3.82. The minimum absolute atomic E-state index is 0.150. The van der Waals surface area contributed by atoms with Crippen molar-refractivity contribution in [2.24, 2.45) is 5.92 Å². The van der Waals surface area contributed by atoms with Crippen molar-refractivity contribution in [1.29, 1.82) is 0 Å². The maximum Gasteiger partial charge on any atom is 0.235 e. The minimum Gasteiger partial charge on any atom is -0.339 e. The summed E-state index contributed by atoms with van der Waals surface area (Å²) in [4.78, 5) is 17.0. The van der Waals surface area contributed by atoms with Crippen molar-refractivity contribution in [3.05, 3.63) is 11.7 Å². The van der Waals surface area contributed by atoms with Crippen LogP contribution in [-0.4, -0.2) is 40.5 Å². The largest absolute Gasteiger partial charge is 0.339 e. The first-order chi connectivity index (χ1) is 8.19. The van der Waals surface area contributed by atoms with Gasteiger partial charge >= 0.3 is 0 Å². The zero-order valence-electron chi connectivity index (χ0n) is 10.4. The first-order valence-corrected chi connectivity index (χ1v) is 6.21. The molecule has 0 spiro atoms. The number of hydrogen-bond donors (Lipinski definition) is 0. The molecule has 94 valence electrons. The standard InChI is InChI=1S/C12H19N3O2/c1-9(2)15-5-3-4-10(7-15)6-12-13-11(8-16)14-17-12/h8-10H,3-7H2,1-2H3. The first kappa shape index (κ1) is 12.2. The molecule has 0 saturated carbocycles. The minimum atomic E-state index is 0.150. The van der Waals surface area contributed by atoms with E-state index in [1.54, 1.807) is 0 Å². The molecule has 1 aliphatic rings. The van der Waals surface area contributed by atoms with E-state index in [1.165, 1.54) is 19.4 Å². The average Bonchev–Trinajstić information content (AvgIpc) is 2.77. The highest BCUT2D eigenvalue weighted by Gasteiger charge is 2.23. The van der Waals surface area contributed by atoms with Gasteiger partial charge in [0, 0.05) is 19.0 Å². The lowest BCUT2D eigenvalue weighted by atomic mass is 9.94. The van der Waals surface area contributed by atoms with Crippen molar-refractivity contribution in [2.75, 3.05) is 13.1 Å². The summed E-state index contributed by atoms with van der Waals surface area (Å²) in [7, 11) is 0. The van der Waals surface area contributed by atoms with Crippen molar-refractivity contribution in [2.45, 2.75) is 39.2 Å². The molecule has 0 bridgehead atoms. The van der Waals surface area contributed by atoms with Gasteiger partial charge in [-0.1, -0.05) is 5.16 Å². The smallest absolute Gasteiger partial charge is 0.235 e. The number of likely N-dealkylation sites (tertiary alicyclic amines) is 1. The van der Waals surface area contributed by atoms with Crippen LogP contribution in [0.3, 0.4) is 0 Å². The number of carbonyl (C=O) groups is 1. The maximum absolute atomic E-state index is 10.5. The fourth-order valence-electron chi connectivity index (χ4n) is 2.38. The molecule has 1 fully saturated rings. The van der Waals surface area contributed by atoms with E-state index >= 15 is 0 Å². The molecule has 1 atom stereocenters. The zero-order valence-corrected chi connectivity index (χ0v) is 10.4. The van der Waals surface area contributed by atoms with Gasteiger partial charge in [-0.3, -0.25) is 4.79 Å². The number of carbonyl (C=O) groups excluding carboxylic acids is 1. The SMILES string of the molecule is CC(C)N1CCCC(Cc2nc(C=O)no2)C1. The molecule has 5 heteroatoms. The zero-order chi connectivity index (χ0) is 12.3. The van der Waals surface area contributed by atoms with Gasteiger partial charge in [-0.25, -0.2) is 0 Å². The van der Waals surface area contributed by atoms with Gasteiger partial charge in [0.15, 0.2) is 6.29 Å². The molecule has 5 nitrogen and oxygen atoms in total. The molecule has 1 aromatic rings. The Morgan fingerprint density at radius 3 is 3.06 bits per heavy atom. The number of aromatic nitrogens is 2. The lowest BCUT2D eigenvalue weighted by Crippen LogP contribution is -2.40. The third-order valence-corrected chi connectivity index (χ3v) is 3.33. The first-order valence-electron chi connectivity index (χ1n) is 6.21. The molecule has 0 N–H and O–H groups in total. The van der Waals surface area contributed by atoms with Crippen LogP contribution in [0.4, 0.5) is 0 Å². The van der Waals surface area contributed by atoms with Crippen LogP contribution in [0.1, 0.15) is 43.2 Å². The van der Waals surface area contributed by atoms with Crippen LogP contribution in [-0.2, 0) is 6.42 Å². The van der Waals surface area contributed by atoms with E-state index in [2.05, 4.69) is 28.9 Å². The summed E-state index contributed by atoms with van der Waals surface area (Å²) >= 11 is 0. The van der Waals surface area contributed by atoms with Crippen LogP contribution in [0.5, 0.6) is 0 Å². The van der Waals surface area contributed by atoms with Gasteiger partial charge < -0.3 is 9.42 Å². The Kier molecular flexibility index (Phi) is 3.89. The van der Waals surface area contributed by atoms with E-state index < -0.39 is 0 Å². The van der Waals surface area contributed by atoms with Gasteiger partial charge in [-0.2, -0.15) is 4.98 Å². The predicted octanol–water partition coefficient (Wildman–Crippen LogP) is 1.54. The number of piperidine rings is 1. The van der Waals surface area contributed by atoms with E-state index in [0.717, 1.165) is 13.0 Å². The van der Waals surface area contributed by atoms with Crippen molar-refractivity contribution < 1.29 is 9.32 Å². The molecule has 1 saturated heterocycles. The van der Waals surface area contributed by atoms with Crippen molar-refractivity contribution in [3.63, 3.8) is 0 Å². The van der Waals surface area contributed by atoms with Gasteiger partial charge in [-0.05, 0) is 39.2 Å². The second kappa shape index (κ2) is 5.40. The molecule has 1 aliphatic heterocycles. The lowest BCUT2D eigenvalue weighted by molar-refractivity contribution is 0.111. The van der Waals surface area contributed by atoms with Crippen molar-refractivity contribution in [1.82, 2.24) is 15.0 Å². The van der Waals surface area contributed by atoms with Crippen molar-refractivity contribution in [3.8, 4) is 0 Å². The van der Waals surface area contributed by atoms with Crippen LogP contribution in [0, 0.1) is 5.92 Å². The second-order valence-corrected chi connectivity index (χ2v) is 4.97. The molecule has 0 aromatic carbocycles. The van der Waals surface area contributed by atoms with E-state index in [0.29, 0.717) is 24.1 Å². The van der Waals surface area contributed by atoms with Crippen LogP contribution >= 0.6 is 0 Å². The second-order valence-electron chi connectivity index (χ2n) is 4.97. The third-order valence-electron chi connectivity index (χ3n) is 3.33. The summed E-state index contributed by atoms with van der Waals surface area (Å²) in [5.41, 5.74) is 0. The Hall–Kier alpha value is -1.23. The number of hydrogen-bond acceptors (Lipinski definition) is 5. The molecule has 1 aromatic heterocycles. The summed E-state index contributed by atoms with van der Waals surface area (Å²) < 4.78 is 5.04. The van der Waals surface area contributed by atoms with Crippen molar-refractivity contribution >= 4 is 6.29 Å². The van der Waals surface area contributed by atoms with Gasteiger partial charge in [0.05, 0.1) is 0 Å². The molecule has 2 heterocycles. The summed E-state index contributed by atoms with van der Waals surface area (Å²) in [6.45, 7) is 6.70. The quantitative estimate of drug-likeness (QED) is 0.743. The Bertz CT molecular complexity index is 376.